The first-order valence-corrected chi connectivity index (χ1v) is 22.2. The van der Waals surface area contributed by atoms with Crippen molar-refractivity contribution in [3.63, 3.8) is 0 Å². The normalized spacial score (nSPS) is 23.3. The second-order valence-electron chi connectivity index (χ2n) is 13.9. The molecule has 322 valence electrons. The number of aromatic nitrogens is 4. The number of amides is 2. The van der Waals surface area contributed by atoms with Crippen molar-refractivity contribution in [1.82, 2.24) is 19.1 Å². The maximum absolute atomic E-state index is 11.9. The fourth-order valence-electron chi connectivity index (χ4n) is 5.63. The highest BCUT2D eigenvalue weighted by atomic mass is 127. The van der Waals surface area contributed by atoms with Crippen molar-refractivity contribution in [2.24, 2.45) is 11.5 Å². The minimum Gasteiger partial charge on any atom is -0.463 e. The van der Waals surface area contributed by atoms with Crippen molar-refractivity contribution < 1.29 is 76.3 Å². The van der Waals surface area contributed by atoms with Crippen molar-refractivity contribution in [3.05, 3.63) is 33.4 Å². The maximum Gasteiger partial charge on any atom is 0.303 e. The molecular weight excluding hydrogens is 915 g/mol. The minimum atomic E-state index is -1.86. The number of esters is 6. The second-order valence-corrected chi connectivity index (χ2v) is 19.7. The summed E-state index contributed by atoms with van der Waals surface area (Å²) >= 11 is 1.84. The largest absolute Gasteiger partial charge is 0.463 e. The van der Waals surface area contributed by atoms with Gasteiger partial charge in [-0.3, -0.25) is 47.5 Å². The second kappa shape index (κ2) is 20.5. The lowest BCUT2D eigenvalue weighted by molar-refractivity contribution is -0.166. The zero-order chi connectivity index (χ0) is 44.5. The molecule has 22 nitrogen and oxygen atoms in total. The van der Waals surface area contributed by atoms with E-state index in [-0.39, 0.29) is 30.3 Å². The Hall–Kier alpha value is -5.39. The van der Waals surface area contributed by atoms with E-state index in [4.69, 9.17) is 49.4 Å². The molecule has 8 atom stereocenters. The fraction of sp³-hybridized carbons (Fsp3) is 0.543. The molecule has 0 aromatic carbocycles. The fourth-order valence-corrected chi connectivity index (χ4v) is 6.92. The van der Waals surface area contributed by atoms with Gasteiger partial charge in [-0.2, -0.15) is 0 Å². The Morgan fingerprint density at radius 3 is 1.37 bits per heavy atom. The van der Waals surface area contributed by atoms with Crippen LogP contribution in [0.2, 0.25) is 19.6 Å². The Balaban J connectivity index is 0.000000320. The van der Waals surface area contributed by atoms with E-state index in [0.717, 1.165) is 0 Å². The van der Waals surface area contributed by atoms with E-state index in [1.165, 1.54) is 63.3 Å². The highest BCUT2D eigenvalue weighted by Gasteiger charge is 2.52. The van der Waals surface area contributed by atoms with Gasteiger partial charge in [0.15, 0.2) is 48.3 Å². The zero-order valence-electron chi connectivity index (χ0n) is 33.5. The monoisotopic (exact) mass is 960 g/mol. The predicted octanol–water partition coefficient (Wildman–Crippen LogP) is 0.445. The van der Waals surface area contributed by atoms with Gasteiger partial charge in [0.25, 0.3) is 11.8 Å². The molecule has 24 heteroatoms. The van der Waals surface area contributed by atoms with E-state index in [1.807, 2.05) is 42.2 Å². The van der Waals surface area contributed by atoms with Crippen LogP contribution in [-0.4, -0.2) is 125 Å². The van der Waals surface area contributed by atoms with Crippen molar-refractivity contribution in [2.45, 2.75) is 110 Å². The molecule has 2 aliphatic heterocycles. The number of ether oxygens (including phenoxy) is 8. The first-order chi connectivity index (χ1) is 27.4. The molecule has 2 amide bonds. The first-order valence-electron chi connectivity index (χ1n) is 17.6. The lowest BCUT2D eigenvalue weighted by Gasteiger charge is -2.24. The van der Waals surface area contributed by atoms with E-state index in [0.29, 0.717) is 3.70 Å². The number of carbonyl (C=O) groups excluding carboxylic acids is 8. The van der Waals surface area contributed by atoms with Gasteiger partial charge >= 0.3 is 35.8 Å². The molecule has 2 aliphatic rings. The van der Waals surface area contributed by atoms with Crippen LogP contribution in [0, 0.1) is 15.2 Å². The summed E-state index contributed by atoms with van der Waals surface area (Å²) in [6, 6.07) is 0. The van der Waals surface area contributed by atoms with Crippen LogP contribution in [0.3, 0.4) is 0 Å². The Bertz CT molecular complexity index is 2020. The summed E-state index contributed by atoms with van der Waals surface area (Å²) in [5.74, 6) is -2.27. The van der Waals surface area contributed by atoms with E-state index in [9.17, 15) is 38.4 Å². The average molecular weight is 961 g/mol. The quantitative estimate of drug-likeness (QED) is 0.0959. The summed E-state index contributed by atoms with van der Waals surface area (Å²) in [6.07, 6.45) is -5.63. The van der Waals surface area contributed by atoms with Crippen molar-refractivity contribution in [3.8, 4) is 11.5 Å². The third-order valence-electron chi connectivity index (χ3n) is 7.78. The number of imidazole rings is 2. The van der Waals surface area contributed by atoms with Crippen molar-refractivity contribution in [2.75, 3.05) is 13.2 Å². The molecule has 4 rings (SSSR count). The van der Waals surface area contributed by atoms with Crippen LogP contribution in [0.15, 0.2) is 12.7 Å². The molecule has 0 aliphatic carbocycles. The molecular formula is C35H45IN6O16Si. The molecule has 0 bridgehead atoms. The Labute approximate surface area is 352 Å². The zero-order valence-corrected chi connectivity index (χ0v) is 36.7. The van der Waals surface area contributed by atoms with Gasteiger partial charge in [-0.15, -0.1) is 5.54 Å². The van der Waals surface area contributed by atoms with E-state index in [1.54, 1.807) is 0 Å². The smallest absolute Gasteiger partial charge is 0.303 e. The van der Waals surface area contributed by atoms with E-state index in [2.05, 4.69) is 21.4 Å². The number of hydrogen-bond donors (Lipinski definition) is 2. The molecule has 2 saturated heterocycles. The van der Waals surface area contributed by atoms with Crippen LogP contribution in [0.5, 0.6) is 0 Å². The molecule has 4 N–H and O–H groups in total. The van der Waals surface area contributed by atoms with Crippen LogP contribution < -0.4 is 11.5 Å². The number of halogens is 1. The Morgan fingerprint density at radius 2 is 1.02 bits per heavy atom. The summed E-state index contributed by atoms with van der Waals surface area (Å²) in [7, 11) is -1.86. The minimum absolute atomic E-state index is 0.00764. The SMILES string of the molecule is CC(=O)OCC1OC(n2cnc(C(N)=O)c2C#C[Si](C)(C)C)C(OC(C)=O)C1OC(C)=O.CC(=O)OCC1OC(n2cnc(C(N)=O)c2I)C(OC(C)=O)C1OC(C)=O. The van der Waals surface area contributed by atoms with Crippen molar-refractivity contribution >= 4 is 78.3 Å². The Kier molecular flexibility index (Phi) is 16.7. The maximum atomic E-state index is 11.9. The van der Waals surface area contributed by atoms with Gasteiger partial charge in [0.1, 0.15) is 42.9 Å². The molecule has 59 heavy (non-hydrogen) atoms. The lowest BCUT2D eigenvalue weighted by atomic mass is 10.1. The van der Waals surface area contributed by atoms with Gasteiger partial charge in [0.2, 0.25) is 0 Å². The average Bonchev–Trinajstić information content (AvgIpc) is 3.85. The highest BCUT2D eigenvalue weighted by Crippen LogP contribution is 2.37. The molecule has 2 fully saturated rings. The number of nitrogens with two attached hydrogens (primary N) is 2. The summed E-state index contributed by atoms with van der Waals surface area (Å²) in [4.78, 5) is 100. The summed E-state index contributed by atoms with van der Waals surface area (Å²) < 4.78 is 46.3. The number of carbonyl (C=O) groups is 8. The van der Waals surface area contributed by atoms with Gasteiger partial charge in [0, 0.05) is 41.5 Å². The Morgan fingerprint density at radius 1 is 0.644 bits per heavy atom. The van der Waals surface area contributed by atoms with Gasteiger partial charge < -0.3 is 49.4 Å². The van der Waals surface area contributed by atoms with Crippen LogP contribution in [0.4, 0.5) is 0 Å². The molecule has 0 radical (unpaired) electrons. The van der Waals surface area contributed by atoms with Crippen LogP contribution in [-0.2, 0) is 66.7 Å². The number of nitrogens with zero attached hydrogens (tertiary/aromatic N) is 4. The standard InChI is InChI=1S/C20H27N3O8Si.C15H18IN3O8/c1-11(24)28-9-15-17(29-12(2)25)18(30-13(3)26)20(31-15)23-10-22-16(19(21)27)14(23)7-8-32(4,5)6;1-6(20)24-4-9-11(25-7(2)21)12(26-8(3)22)15(27-9)19-5-18-10(13(19)16)14(17)23/h10,15,17-18,20H,9H2,1-6H3,(H2,21,27);5,9,11-12,15H,4H2,1-3H3,(H2,17,23). The van der Waals surface area contributed by atoms with Gasteiger partial charge in [-0.1, -0.05) is 25.6 Å². The predicted molar refractivity (Wildman–Crippen MR) is 208 cm³/mol. The molecule has 0 spiro atoms. The van der Waals surface area contributed by atoms with Gasteiger partial charge in [-0.05, 0) is 22.6 Å². The van der Waals surface area contributed by atoms with E-state index < -0.39 is 105 Å². The number of hydrogen-bond acceptors (Lipinski definition) is 18. The first kappa shape index (κ1) is 48.0. The highest BCUT2D eigenvalue weighted by molar-refractivity contribution is 14.1. The molecule has 2 aromatic rings. The topological polar surface area (TPSA) is 298 Å². The lowest BCUT2D eigenvalue weighted by Crippen LogP contribution is -2.40. The summed E-state index contributed by atoms with van der Waals surface area (Å²) in [6.45, 7) is 12.8. The number of primary amides is 2. The molecule has 2 aromatic heterocycles. The van der Waals surface area contributed by atoms with Crippen LogP contribution in [0.25, 0.3) is 0 Å². The van der Waals surface area contributed by atoms with Gasteiger partial charge in [-0.25, -0.2) is 9.97 Å². The third kappa shape index (κ3) is 13.3. The summed E-state index contributed by atoms with van der Waals surface area (Å²) in [5, 5.41) is 0. The van der Waals surface area contributed by atoms with Gasteiger partial charge in [0.05, 0.1) is 12.7 Å². The van der Waals surface area contributed by atoms with E-state index >= 15 is 0 Å². The van der Waals surface area contributed by atoms with Crippen molar-refractivity contribution in [1.29, 1.82) is 0 Å². The molecule has 0 saturated carbocycles. The summed E-state index contributed by atoms with van der Waals surface area (Å²) in [5.41, 5.74) is 14.0. The van der Waals surface area contributed by atoms with Crippen LogP contribution >= 0.6 is 22.6 Å². The molecule has 8 unspecified atom stereocenters. The third-order valence-corrected chi connectivity index (χ3v) is 9.72. The molecule has 4 heterocycles. The number of rotatable bonds is 12. The van der Waals surface area contributed by atoms with Crippen LogP contribution in [0.1, 0.15) is 80.7 Å².